The molecule has 2 nitrogen and oxygen atoms in total. The summed E-state index contributed by atoms with van der Waals surface area (Å²) < 4.78 is 0. The van der Waals surface area contributed by atoms with E-state index in [1.165, 1.54) is 25.7 Å². The van der Waals surface area contributed by atoms with E-state index in [0.717, 1.165) is 12.8 Å². The van der Waals surface area contributed by atoms with Gasteiger partial charge >= 0.3 is 0 Å². The van der Waals surface area contributed by atoms with Gasteiger partial charge in [-0.3, -0.25) is 4.79 Å². The Morgan fingerprint density at radius 3 is 2.93 bits per heavy atom. The molecule has 1 fully saturated rings. The minimum absolute atomic E-state index is 0.200. The first kappa shape index (κ1) is 11.3. The number of hydrogen-bond donors (Lipinski definition) is 1. The molecule has 0 aromatic heterocycles. The van der Waals surface area contributed by atoms with Gasteiger partial charge in [0.15, 0.2) is 0 Å². The summed E-state index contributed by atoms with van der Waals surface area (Å²) in [7, 11) is 0. The summed E-state index contributed by atoms with van der Waals surface area (Å²) in [6, 6.07) is 0.314. The van der Waals surface area contributed by atoms with Gasteiger partial charge in [-0.25, -0.2) is 0 Å². The van der Waals surface area contributed by atoms with Crippen LogP contribution in [0.1, 0.15) is 51.9 Å². The van der Waals surface area contributed by atoms with E-state index in [2.05, 4.69) is 24.4 Å². The van der Waals surface area contributed by atoms with Crippen LogP contribution in [-0.2, 0) is 4.79 Å². The van der Waals surface area contributed by atoms with Crippen LogP contribution < -0.4 is 5.32 Å². The maximum atomic E-state index is 10.9. The molecule has 80 valence electrons. The second-order valence-corrected chi connectivity index (χ2v) is 3.99. The highest BCUT2D eigenvalue weighted by Crippen LogP contribution is 2.09. The van der Waals surface area contributed by atoms with Gasteiger partial charge in [-0.1, -0.05) is 38.3 Å². The number of carbonyl (C=O) groups is 1. The number of unbranched alkanes of at least 4 members (excludes halogenated alkanes) is 4. The summed E-state index contributed by atoms with van der Waals surface area (Å²) in [6.45, 7) is 2.23. The molecule has 0 spiro atoms. The lowest BCUT2D eigenvalue weighted by Gasteiger charge is -2.01. The number of nitrogens with one attached hydrogen (secondary N) is 1. The highest BCUT2D eigenvalue weighted by Gasteiger charge is 2.17. The van der Waals surface area contributed by atoms with Gasteiger partial charge in [0.25, 0.3) is 0 Å². The number of allylic oxidation sites excluding steroid dienone is 1. The molecule has 1 heterocycles. The molecule has 0 aromatic carbocycles. The first-order valence-electron chi connectivity index (χ1n) is 5.79. The molecule has 1 atom stereocenters. The van der Waals surface area contributed by atoms with Crippen molar-refractivity contribution in [1.29, 1.82) is 0 Å². The minimum atomic E-state index is 0.200. The fraction of sp³-hybridized carbons (Fsp3) is 0.750. The second kappa shape index (κ2) is 6.63. The van der Waals surface area contributed by atoms with Gasteiger partial charge in [0.05, 0.1) is 0 Å². The molecule has 1 unspecified atom stereocenters. The van der Waals surface area contributed by atoms with Crippen LogP contribution in [0.25, 0.3) is 0 Å². The van der Waals surface area contributed by atoms with Crippen LogP contribution in [0.4, 0.5) is 0 Å². The molecule has 14 heavy (non-hydrogen) atoms. The third kappa shape index (κ3) is 4.45. The Bertz CT molecular complexity index is 198. The summed E-state index contributed by atoms with van der Waals surface area (Å²) in [5.74, 6) is 0.200. The molecule has 0 aromatic rings. The maximum Gasteiger partial charge on any atom is 0.220 e. The Morgan fingerprint density at radius 2 is 2.29 bits per heavy atom. The first-order valence-corrected chi connectivity index (χ1v) is 5.79. The van der Waals surface area contributed by atoms with E-state index >= 15 is 0 Å². The van der Waals surface area contributed by atoms with E-state index in [1.54, 1.807) is 0 Å². The van der Waals surface area contributed by atoms with Crippen molar-refractivity contribution >= 4 is 5.91 Å². The topological polar surface area (TPSA) is 29.1 Å². The highest BCUT2D eigenvalue weighted by atomic mass is 16.1. The Kier molecular flexibility index (Phi) is 5.35. The fourth-order valence-corrected chi connectivity index (χ4v) is 1.73. The third-order valence-corrected chi connectivity index (χ3v) is 2.62. The summed E-state index contributed by atoms with van der Waals surface area (Å²) in [6.07, 6.45) is 12.4. The van der Waals surface area contributed by atoms with Gasteiger partial charge in [-0.15, -0.1) is 0 Å². The van der Waals surface area contributed by atoms with Crippen LogP contribution in [0, 0.1) is 0 Å². The number of hydrogen-bond acceptors (Lipinski definition) is 1. The summed E-state index contributed by atoms with van der Waals surface area (Å²) >= 11 is 0. The molecular weight excluding hydrogens is 174 g/mol. The van der Waals surface area contributed by atoms with Gasteiger partial charge in [-0.05, 0) is 19.3 Å². The number of rotatable bonds is 6. The van der Waals surface area contributed by atoms with E-state index in [4.69, 9.17) is 0 Å². The smallest absolute Gasteiger partial charge is 0.220 e. The highest BCUT2D eigenvalue weighted by molar-refractivity contribution is 5.78. The van der Waals surface area contributed by atoms with Crippen LogP contribution in [-0.4, -0.2) is 11.9 Å². The van der Waals surface area contributed by atoms with Crippen molar-refractivity contribution in [2.45, 2.75) is 57.9 Å². The van der Waals surface area contributed by atoms with Crippen LogP contribution in [0.3, 0.4) is 0 Å². The van der Waals surface area contributed by atoms with E-state index in [1.807, 2.05) is 0 Å². The molecule has 1 aliphatic heterocycles. The zero-order chi connectivity index (χ0) is 10.2. The maximum absolute atomic E-state index is 10.9. The van der Waals surface area contributed by atoms with Gasteiger partial charge in [0.1, 0.15) is 0 Å². The van der Waals surface area contributed by atoms with Gasteiger partial charge in [-0.2, -0.15) is 0 Å². The van der Waals surface area contributed by atoms with Crippen LogP contribution in [0.2, 0.25) is 0 Å². The Balaban J connectivity index is 2.00. The molecule has 1 rings (SSSR count). The molecule has 1 N–H and O–H groups in total. The molecular formula is C12H21NO. The van der Waals surface area contributed by atoms with Gasteiger partial charge in [0.2, 0.25) is 5.91 Å². The lowest BCUT2D eigenvalue weighted by Crippen LogP contribution is -2.22. The lowest BCUT2D eigenvalue weighted by atomic mass is 10.1. The SMILES string of the molecule is CCCCCC/C=C/C1CCC(=O)N1. The minimum Gasteiger partial charge on any atom is -0.350 e. The average Bonchev–Trinajstić information content (AvgIpc) is 2.58. The van der Waals surface area contributed by atoms with Crippen molar-refractivity contribution in [3.63, 3.8) is 0 Å². The Labute approximate surface area is 86.8 Å². The van der Waals surface area contributed by atoms with Crippen molar-refractivity contribution in [3.05, 3.63) is 12.2 Å². The zero-order valence-corrected chi connectivity index (χ0v) is 9.09. The molecule has 0 radical (unpaired) electrons. The van der Waals surface area contributed by atoms with Crippen molar-refractivity contribution in [2.24, 2.45) is 0 Å². The molecule has 1 aliphatic rings. The predicted octanol–water partition coefficient (Wildman–Crippen LogP) is 2.79. The van der Waals surface area contributed by atoms with E-state index in [0.29, 0.717) is 12.5 Å². The normalized spacial score (nSPS) is 21.8. The number of carbonyl (C=O) groups excluding carboxylic acids is 1. The third-order valence-electron chi connectivity index (χ3n) is 2.62. The standard InChI is InChI=1S/C12H21NO/c1-2-3-4-5-6-7-8-11-9-10-12(14)13-11/h7-8,11H,2-6,9-10H2,1H3,(H,13,14)/b8-7+. The molecule has 2 heteroatoms. The Hall–Kier alpha value is -0.790. The largest absolute Gasteiger partial charge is 0.350 e. The van der Waals surface area contributed by atoms with Crippen LogP contribution in [0.5, 0.6) is 0 Å². The molecule has 0 bridgehead atoms. The Morgan fingerprint density at radius 1 is 1.43 bits per heavy atom. The lowest BCUT2D eigenvalue weighted by molar-refractivity contribution is -0.119. The quantitative estimate of drug-likeness (QED) is 0.512. The second-order valence-electron chi connectivity index (χ2n) is 3.99. The van der Waals surface area contributed by atoms with Gasteiger partial charge < -0.3 is 5.32 Å². The summed E-state index contributed by atoms with van der Waals surface area (Å²) in [5, 5.41) is 2.93. The average molecular weight is 195 g/mol. The monoisotopic (exact) mass is 195 g/mol. The van der Waals surface area contributed by atoms with E-state index in [9.17, 15) is 4.79 Å². The van der Waals surface area contributed by atoms with Crippen molar-refractivity contribution in [2.75, 3.05) is 0 Å². The van der Waals surface area contributed by atoms with Crippen molar-refractivity contribution < 1.29 is 4.79 Å². The summed E-state index contributed by atoms with van der Waals surface area (Å²) in [4.78, 5) is 10.9. The van der Waals surface area contributed by atoms with Crippen molar-refractivity contribution in [3.8, 4) is 0 Å². The van der Waals surface area contributed by atoms with Crippen LogP contribution >= 0.6 is 0 Å². The first-order chi connectivity index (χ1) is 6.83. The van der Waals surface area contributed by atoms with Crippen molar-refractivity contribution in [1.82, 2.24) is 5.32 Å². The zero-order valence-electron chi connectivity index (χ0n) is 9.09. The van der Waals surface area contributed by atoms with Gasteiger partial charge in [0, 0.05) is 12.5 Å². The molecule has 1 amide bonds. The van der Waals surface area contributed by atoms with E-state index in [-0.39, 0.29) is 5.91 Å². The molecule has 0 aliphatic carbocycles. The molecule has 0 saturated carbocycles. The number of amides is 1. The predicted molar refractivity (Wildman–Crippen MR) is 59.1 cm³/mol. The fourth-order valence-electron chi connectivity index (χ4n) is 1.73. The summed E-state index contributed by atoms with van der Waals surface area (Å²) in [5.41, 5.74) is 0. The molecule has 1 saturated heterocycles. The van der Waals surface area contributed by atoms with Crippen LogP contribution in [0.15, 0.2) is 12.2 Å². The van der Waals surface area contributed by atoms with E-state index < -0.39 is 0 Å².